The highest BCUT2D eigenvalue weighted by molar-refractivity contribution is 9.10. The summed E-state index contributed by atoms with van der Waals surface area (Å²) in [6, 6.07) is 6.74. The topological polar surface area (TPSA) is 41.6 Å². The lowest BCUT2D eigenvalue weighted by atomic mass is 9.89. The summed E-state index contributed by atoms with van der Waals surface area (Å²) in [6.07, 6.45) is 0.750. The summed E-state index contributed by atoms with van der Waals surface area (Å²) in [4.78, 5) is 14.1. The molecular weight excluding hydrogens is 332 g/mol. The highest BCUT2D eigenvalue weighted by Gasteiger charge is 2.39. The third kappa shape index (κ3) is 3.03. The number of nitrogens with zero attached hydrogens (tertiary/aromatic N) is 1. The number of halogens is 1. The molecule has 1 N–H and O–H groups in total. The van der Waals surface area contributed by atoms with Gasteiger partial charge in [0, 0.05) is 35.2 Å². The number of rotatable bonds is 0. The molecule has 0 saturated carbocycles. The standard InChI is InChI=1S/C16H21BrN2O2/c1-16(2,3)21-15(20)19-7-6-14-12(9-19)11-8-10(17)4-5-13(11)18-14/h4-5,8,12,14,18H,6-7,9H2,1-3H3/t12-,14-/m0/s1. The molecule has 1 aromatic carbocycles. The molecule has 0 radical (unpaired) electrons. The Morgan fingerprint density at radius 1 is 1.43 bits per heavy atom. The molecule has 114 valence electrons. The maximum absolute atomic E-state index is 12.3. The summed E-state index contributed by atoms with van der Waals surface area (Å²) in [5.74, 6) is 0.346. The first-order valence-electron chi connectivity index (χ1n) is 7.37. The van der Waals surface area contributed by atoms with E-state index in [4.69, 9.17) is 4.74 Å². The maximum atomic E-state index is 12.3. The van der Waals surface area contributed by atoms with Gasteiger partial charge in [0.05, 0.1) is 0 Å². The number of nitrogens with one attached hydrogen (secondary N) is 1. The Labute approximate surface area is 134 Å². The molecule has 4 nitrogen and oxygen atoms in total. The molecule has 1 saturated heterocycles. The van der Waals surface area contributed by atoms with Crippen molar-refractivity contribution >= 4 is 27.7 Å². The number of hydrogen-bond donors (Lipinski definition) is 1. The Bertz CT molecular complexity index is 568. The monoisotopic (exact) mass is 352 g/mol. The minimum atomic E-state index is -0.442. The Kier molecular flexibility index (Phi) is 3.64. The van der Waals surface area contributed by atoms with E-state index < -0.39 is 5.60 Å². The van der Waals surface area contributed by atoms with E-state index in [2.05, 4.69) is 39.4 Å². The van der Waals surface area contributed by atoms with Crippen LogP contribution in [0.3, 0.4) is 0 Å². The van der Waals surface area contributed by atoms with Crippen molar-refractivity contribution in [2.24, 2.45) is 0 Å². The number of carbonyl (C=O) groups is 1. The number of piperidine rings is 1. The first kappa shape index (κ1) is 14.7. The molecule has 0 bridgehead atoms. The van der Waals surface area contributed by atoms with Crippen LogP contribution in [-0.2, 0) is 4.74 Å². The third-order valence-corrected chi connectivity index (χ3v) is 4.51. The van der Waals surface area contributed by atoms with Gasteiger partial charge in [-0.15, -0.1) is 0 Å². The van der Waals surface area contributed by atoms with Crippen LogP contribution in [0.4, 0.5) is 10.5 Å². The molecule has 0 aliphatic carbocycles. The van der Waals surface area contributed by atoms with Crippen LogP contribution < -0.4 is 5.32 Å². The van der Waals surface area contributed by atoms with Gasteiger partial charge < -0.3 is 15.0 Å². The molecule has 0 aromatic heterocycles. The molecule has 2 aliphatic rings. The predicted molar refractivity (Wildman–Crippen MR) is 86.7 cm³/mol. The van der Waals surface area contributed by atoms with E-state index in [1.54, 1.807) is 0 Å². The number of ether oxygens (including phenoxy) is 1. The van der Waals surface area contributed by atoms with Gasteiger partial charge in [-0.1, -0.05) is 15.9 Å². The number of carbonyl (C=O) groups excluding carboxylic acids is 1. The summed E-state index contributed by atoms with van der Waals surface area (Å²) in [5, 5.41) is 3.57. The SMILES string of the molecule is CC(C)(C)OC(=O)N1CC[C@@H]2Nc3ccc(Br)cc3[C@@H]2C1. The van der Waals surface area contributed by atoms with E-state index >= 15 is 0 Å². The van der Waals surface area contributed by atoms with Crippen LogP contribution in [0.25, 0.3) is 0 Å². The number of likely N-dealkylation sites (tertiary alicyclic amines) is 1. The molecular formula is C16H21BrN2O2. The second-order valence-corrected chi connectivity index (χ2v) is 7.72. The lowest BCUT2D eigenvalue weighted by Crippen LogP contribution is -2.46. The van der Waals surface area contributed by atoms with Gasteiger partial charge in [-0.3, -0.25) is 0 Å². The van der Waals surface area contributed by atoms with Crippen molar-refractivity contribution in [2.75, 3.05) is 18.4 Å². The van der Waals surface area contributed by atoms with Crippen LogP contribution in [0, 0.1) is 0 Å². The van der Waals surface area contributed by atoms with Crippen molar-refractivity contribution in [3.63, 3.8) is 0 Å². The average molecular weight is 353 g/mol. The lowest BCUT2D eigenvalue weighted by Gasteiger charge is -2.36. The maximum Gasteiger partial charge on any atom is 0.410 e. The molecule has 1 amide bonds. The number of anilines is 1. The Balaban J connectivity index is 1.76. The van der Waals surface area contributed by atoms with Crippen LogP contribution in [0.15, 0.2) is 22.7 Å². The van der Waals surface area contributed by atoms with E-state index in [1.165, 1.54) is 11.3 Å². The van der Waals surface area contributed by atoms with E-state index in [0.29, 0.717) is 12.0 Å². The van der Waals surface area contributed by atoms with Gasteiger partial charge in [0.15, 0.2) is 0 Å². The van der Waals surface area contributed by atoms with Gasteiger partial charge in [0.25, 0.3) is 0 Å². The molecule has 2 atom stereocenters. The number of amides is 1. The second-order valence-electron chi connectivity index (χ2n) is 6.80. The normalized spacial score (nSPS) is 24.1. The minimum Gasteiger partial charge on any atom is -0.444 e. The van der Waals surface area contributed by atoms with Crippen LogP contribution >= 0.6 is 15.9 Å². The van der Waals surface area contributed by atoms with E-state index in [0.717, 1.165) is 24.0 Å². The Morgan fingerprint density at radius 2 is 2.19 bits per heavy atom. The Hall–Kier alpha value is -1.23. The van der Waals surface area contributed by atoms with Crippen molar-refractivity contribution in [3.05, 3.63) is 28.2 Å². The van der Waals surface area contributed by atoms with Gasteiger partial charge in [-0.05, 0) is 51.0 Å². The molecule has 2 heterocycles. The fourth-order valence-corrected chi connectivity index (χ4v) is 3.48. The zero-order valence-corrected chi connectivity index (χ0v) is 14.2. The van der Waals surface area contributed by atoms with Crippen molar-refractivity contribution in [2.45, 2.75) is 44.8 Å². The summed E-state index contributed by atoms with van der Waals surface area (Å²) < 4.78 is 6.58. The zero-order valence-electron chi connectivity index (χ0n) is 12.6. The number of benzene rings is 1. The van der Waals surface area contributed by atoms with Crippen LogP contribution in [0.1, 0.15) is 38.7 Å². The van der Waals surface area contributed by atoms with Gasteiger partial charge in [-0.2, -0.15) is 0 Å². The van der Waals surface area contributed by atoms with Crippen molar-refractivity contribution in [1.82, 2.24) is 4.90 Å². The van der Waals surface area contributed by atoms with E-state index in [-0.39, 0.29) is 6.09 Å². The molecule has 5 heteroatoms. The molecule has 1 fully saturated rings. The third-order valence-electron chi connectivity index (χ3n) is 4.02. The fraction of sp³-hybridized carbons (Fsp3) is 0.562. The van der Waals surface area contributed by atoms with Crippen molar-refractivity contribution in [3.8, 4) is 0 Å². The first-order chi connectivity index (χ1) is 9.83. The lowest BCUT2D eigenvalue weighted by molar-refractivity contribution is 0.0195. The summed E-state index contributed by atoms with van der Waals surface area (Å²) in [6.45, 7) is 7.18. The molecule has 1 aromatic rings. The molecule has 0 spiro atoms. The van der Waals surface area contributed by atoms with Crippen LogP contribution in [0.5, 0.6) is 0 Å². The molecule has 3 rings (SSSR count). The molecule has 0 unspecified atom stereocenters. The van der Waals surface area contributed by atoms with E-state index in [9.17, 15) is 4.79 Å². The van der Waals surface area contributed by atoms with Crippen LogP contribution in [-0.4, -0.2) is 35.7 Å². The van der Waals surface area contributed by atoms with E-state index in [1.807, 2.05) is 25.7 Å². The minimum absolute atomic E-state index is 0.204. The van der Waals surface area contributed by atoms with Gasteiger partial charge in [0.2, 0.25) is 0 Å². The summed E-state index contributed by atoms with van der Waals surface area (Å²) in [7, 11) is 0. The van der Waals surface area contributed by atoms with Gasteiger partial charge in [0.1, 0.15) is 5.60 Å². The fourth-order valence-electron chi connectivity index (χ4n) is 3.10. The van der Waals surface area contributed by atoms with Crippen molar-refractivity contribution in [1.29, 1.82) is 0 Å². The number of fused-ring (bicyclic) bond motifs is 3. The molecule has 2 aliphatic heterocycles. The molecule has 21 heavy (non-hydrogen) atoms. The Morgan fingerprint density at radius 3 is 2.90 bits per heavy atom. The smallest absolute Gasteiger partial charge is 0.410 e. The quantitative estimate of drug-likeness (QED) is 0.767. The van der Waals surface area contributed by atoms with Gasteiger partial charge >= 0.3 is 6.09 Å². The average Bonchev–Trinajstić information content (AvgIpc) is 2.74. The summed E-state index contributed by atoms with van der Waals surface area (Å²) >= 11 is 3.53. The van der Waals surface area contributed by atoms with Crippen molar-refractivity contribution < 1.29 is 9.53 Å². The first-order valence-corrected chi connectivity index (χ1v) is 8.17. The van der Waals surface area contributed by atoms with Crippen LogP contribution in [0.2, 0.25) is 0 Å². The second kappa shape index (κ2) is 5.20. The van der Waals surface area contributed by atoms with Gasteiger partial charge in [-0.25, -0.2) is 4.79 Å². The highest BCUT2D eigenvalue weighted by Crippen LogP contribution is 2.41. The number of hydrogen-bond acceptors (Lipinski definition) is 3. The largest absolute Gasteiger partial charge is 0.444 e. The highest BCUT2D eigenvalue weighted by atomic mass is 79.9. The summed E-state index contributed by atoms with van der Waals surface area (Å²) in [5.41, 5.74) is 2.05. The zero-order chi connectivity index (χ0) is 15.2. The predicted octanol–water partition coefficient (Wildman–Crippen LogP) is 3.97.